The lowest BCUT2D eigenvalue weighted by molar-refractivity contribution is 0.545. The van der Waals surface area contributed by atoms with E-state index in [-0.39, 0.29) is 5.82 Å². The first-order valence-corrected chi connectivity index (χ1v) is 6.63. The highest BCUT2D eigenvalue weighted by Gasteiger charge is 2.37. The summed E-state index contributed by atoms with van der Waals surface area (Å²) in [5, 5.41) is 0. The molecule has 1 heterocycles. The van der Waals surface area contributed by atoms with Crippen LogP contribution in [0.3, 0.4) is 0 Å². The van der Waals surface area contributed by atoms with Crippen molar-refractivity contribution in [1.82, 2.24) is 0 Å². The number of rotatable bonds is 1. The Balaban J connectivity index is 2.13. The van der Waals surface area contributed by atoms with Crippen LogP contribution >= 0.6 is 22.9 Å². The van der Waals surface area contributed by atoms with E-state index in [1.54, 1.807) is 12.1 Å². The molecule has 1 aliphatic carbocycles. The second-order valence-corrected chi connectivity index (χ2v) is 6.09. The molecule has 1 aromatic carbocycles. The summed E-state index contributed by atoms with van der Waals surface area (Å²) < 4.78 is 13.9. The molecule has 17 heavy (non-hydrogen) atoms. The number of aryl methyl sites for hydroxylation is 1. The van der Waals surface area contributed by atoms with Crippen LogP contribution in [0.15, 0.2) is 30.3 Å². The van der Waals surface area contributed by atoms with E-state index in [9.17, 15) is 4.39 Å². The van der Waals surface area contributed by atoms with Gasteiger partial charge in [0.05, 0.1) is 9.88 Å². The first-order valence-electron chi connectivity index (χ1n) is 5.43. The zero-order chi connectivity index (χ0) is 12.0. The lowest BCUT2D eigenvalue weighted by Crippen LogP contribution is -2.34. The Morgan fingerprint density at radius 3 is 2.82 bits per heavy atom. The second-order valence-electron chi connectivity index (χ2n) is 4.38. The van der Waals surface area contributed by atoms with Crippen molar-refractivity contribution in [3.63, 3.8) is 0 Å². The molecule has 1 atom stereocenters. The maximum atomic E-state index is 13.2. The molecule has 4 heteroatoms. The fourth-order valence-corrected chi connectivity index (χ4v) is 3.67. The summed E-state index contributed by atoms with van der Waals surface area (Å²) in [6.07, 6.45) is 1.63. The van der Waals surface area contributed by atoms with Crippen LogP contribution in [0.5, 0.6) is 0 Å². The van der Waals surface area contributed by atoms with Gasteiger partial charge in [-0.05, 0) is 48.2 Å². The maximum absolute atomic E-state index is 13.2. The van der Waals surface area contributed by atoms with Crippen molar-refractivity contribution in [1.29, 1.82) is 0 Å². The fourth-order valence-electron chi connectivity index (χ4n) is 2.48. The van der Waals surface area contributed by atoms with Crippen LogP contribution in [-0.2, 0) is 12.0 Å². The van der Waals surface area contributed by atoms with E-state index in [1.807, 2.05) is 12.1 Å². The molecular formula is C13H11ClFNS. The maximum Gasteiger partial charge on any atom is 0.123 e. The Bertz CT molecular complexity index is 581. The Labute approximate surface area is 108 Å². The summed E-state index contributed by atoms with van der Waals surface area (Å²) >= 11 is 7.45. The fraction of sp³-hybridized carbons (Fsp3) is 0.231. The molecule has 1 nitrogen and oxygen atoms in total. The first-order chi connectivity index (χ1) is 8.09. The minimum atomic E-state index is -0.499. The monoisotopic (exact) mass is 267 g/mol. The van der Waals surface area contributed by atoms with E-state index in [0.29, 0.717) is 0 Å². The van der Waals surface area contributed by atoms with Gasteiger partial charge >= 0.3 is 0 Å². The van der Waals surface area contributed by atoms with E-state index in [1.165, 1.54) is 17.4 Å². The smallest absolute Gasteiger partial charge is 0.123 e. The number of fused-ring (bicyclic) bond motifs is 1. The molecule has 1 aliphatic rings. The first kappa shape index (κ1) is 11.2. The third kappa shape index (κ3) is 1.69. The van der Waals surface area contributed by atoms with Crippen molar-refractivity contribution in [2.75, 3.05) is 0 Å². The van der Waals surface area contributed by atoms with Crippen LogP contribution in [0.25, 0.3) is 0 Å². The molecule has 0 aliphatic heterocycles. The summed E-state index contributed by atoms with van der Waals surface area (Å²) in [4.78, 5) is 1.05. The highest BCUT2D eigenvalue weighted by atomic mass is 35.5. The largest absolute Gasteiger partial charge is 0.317 e. The summed E-state index contributed by atoms with van der Waals surface area (Å²) in [5.41, 5.74) is 8.02. The van der Waals surface area contributed by atoms with Crippen LogP contribution in [0.1, 0.15) is 22.4 Å². The molecule has 2 N–H and O–H groups in total. The van der Waals surface area contributed by atoms with Crippen LogP contribution in [0, 0.1) is 5.82 Å². The molecule has 0 spiro atoms. The molecule has 0 saturated carbocycles. The summed E-state index contributed by atoms with van der Waals surface area (Å²) in [7, 11) is 0. The van der Waals surface area contributed by atoms with Gasteiger partial charge < -0.3 is 5.73 Å². The van der Waals surface area contributed by atoms with Gasteiger partial charge in [0.2, 0.25) is 0 Å². The molecule has 1 unspecified atom stereocenters. The van der Waals surface area contributed by atoms with Crippen LogP contribution in [0.4, 0.5) is 4.39 Å². The molecule has 0 saturated heterocycles. The quantitative estimate of drug-likeness (QED) is 0.838. The zero-order valence-electron chi connectivity index (χ0n) is 9.04. The molecular weight excluding hydrogens is 257 g/mol. The van der Waals surface area contributed by atoms with Gasteiger partial charge in [-0.25, -0.2) is 4.39 Å². The highest BCUT2D eigenvalue weighted by Crippen LogP contribution is 2.43. The highest BCUT2D eigenvalue weighted by molar-refractivity contribution is 7.16. The van der Waals surface area contributed by atoms with Gasteiger partial charge in [0.25, 0.3) is 0 Å². The molecule has 88 valence electrons. The van der Waals surface area contributed by atoms with E-state index in [4.69, 9.17) is 17.3 Å². The van der Waals surface area contributed by atoms with Crippen LogP contribution in [0.2, 0.25) is 4.34 Å². The predicted octanol–water partition coefficient (Wildman–Crippen LogP) is 3.69. The van der Waals surface area contributed by atoms with Gasteiger partial charge in [-0.3, -0.25) is 0 Å². The average molecular weight is 268 g/mol. The van der Waals surface area contributed by atoms with Gasteiger partial charge in [-0.2, -0.15) is 0 Å². The molecule has 0 radical (unpaired) electrons. The Morgan fingerprint density at radius 1 is 1.29 bits per heavy atom. The number of thiophene rings is 1. The van der Waals surface area contributed by atoms with Crippen molar-refractivity contribution >= 4 is 22.9 Å². The Kier molecular flexibility index (Phi) is 2.51. The summed E-state index contributed by atoms with van der Waals surface area (Å²) in [6, 6.07) is 8.68. The lowest BCUT2D eigenvalue weighted by Gasteiger charge is -2.24. The van der Waals surface area contributed by atoms with Crippen molar-refractivity contribution < 1.29 is 4.39 Å². The summed E-state index contributed by atoms with van der Waals surface area (Å²) in [5.74, 6) is -0.197. The van der Waals surface area contributed by atoms with E-state index in [0.717, 1.165) is 33.2 Å². The van der Waals surface area contributed by atoms with Crippen LogP contribution in [-0.4, -0.2) is 0 Å². The number of halogens is 2. The average Bonchev–Trinajstić information content (AvgIpc) is 2.85. The minimum absolute atomic E-state index is 0.197. The third-order valence-corrected chi connectivity index (χ3v) is 4.76. The van der Waals surface area contributed by atoms with Crippen molar-refractivity contribution in [3.05, 3.63) is 56.5 Å². The van der Waals surface area contributed by atoms with Gasteiger partial charge in [-0.1, -0.05) is 17.7 Å². The van der Waals surface area contributed by atoms with Gasteiger partial charge in [0, 0.05) is 4.88 Å². The number of nitrogens with two attached hydrogens (primary N) is 1. The third-order valence-electron chi connectivity index (χ3n) is 3.35. The Hall–Kier alpha value is -0.900. The number of hydrogen-bond donors (Lipinski definition) is 1. The molecule has 1 aromatic heterocycles. The topological polar surface area (TPSA) is 26.0 Å². The molecule has 3 rings (SSSR count). The normalized spacial score (nSPS) is 22.8. The van der Waals surface area contributed by atoms with Gasteiger partial charge in [0.15, 0.2) is 0 Å². The van der Waals surface area contributed by atoms with Crippen molar-refractivity contribution in [2.24, 2.45) is 5.73 Å². The molecule has 2 aromatic rings. The molecule has 0 fully saturated rings. The van der Waals surface area contributed by atoms with E-state index in [2.05, 4.69) is 0 Å². The molecule has 0 bridgehead atoms. The lowest BCUT2D eigenvalue weighted by atomic mass is 9.91. The van der Waals surface area contributed by atoms with Gasteiger partial charge in [0.1, 0.15) is 5.82 Å². The molecule has 0 amide bonds. The minimum Gasteiger partial charge on any atom is -0.317 e. The zero-order valence-corrected chi connectivity index (χ0v) is 10.6. The number of hydrogen-bond acceptors (Lipinski definition) is 2. The SMILES string of the molecule is NC1(c2ccc(Cl)s2)CCc2cc(F)ccc21. The standard InChI is InChI=1S/C13H11ClFNS/c14-12-4-3-11(17-12)13(16)6-5-8-7-9(15)1-2-10(8)13/h1-4,7H,5-6,16H2. The Morgan fingerprint density at radius 2 is 2.12 bits per heavy atom. The van der Waals surface area contributed by atoms with Crippen LogP contribution < -0.4 is 5.73 Å². The van der Waals surface area contributed by atoms with E-state index >= 15 is 0 Å². The van der Waals surface area contributed by atoms with Crippen molar-refractivity contribution in [2.45, 2.75) is 18.4 Å². The van der Waals surface area contributed by atoms with Gasteiger partial charge in [-0.15, -0.1) is 11.3 Å². The van der Waals surface area contributed by atoms with E-state index < -0.39 is 5.54 Å². The number of benzene rings is 1. The second kappa shape index (κ2) is 3.80. The van der Waals surface area contributed by atoms with Crippen molar-refractivity contribution in [3.8, 4) is 0 Å². The predicted molar refractivity (Wildman–Crippen MR) is 69.0 cm³/mol. The summed E-state index contributed by atoms with van der Waals surface area (Å²) in [6.45, 7) is 0.